The lowest BCUT2D eigenvalue weighted by atomic mass is 10.3. The van der Waals surface area contributed by atoms with Gasteiger partial charge in [-0.25, -0.2) is 22.9 Å². The first kappa shape index (κ1) is 16.8. The molecular formula is C14H16N4O4S2. The smallest absolute Gasteiger partial charge is 0.408 e. The molecule has 3 aromatic rings. The molecule has 8 nitrogen and oxygen atoms in total. The molecule has 10 heteroatoms. The number of hydrogen-bond acceptors (Lipinski definition) is 6. The summed E-state index contributed by atoms with van der Waals surface area (Å²) in [5.41, 5.74) is 1.52. The van der Waals surface area contributed by atoms with Gasteiger partial charge in [0, 0.05) is 14.1 Å². The SMILES string of the molecule is CSc1ncc(CNS(=O)(=O)c2ccc3oc(=O)n(C)c3c2)n1C. The lowest BCUT2D eigenvalue weighted by Gasteiger charge is -2.08. The fourth-order valence-corrected chi connectivity index (χ4v) is 3.87. The van der Waals surface area contributed by atoms with Crippen molar-refractivity contribution in [2.45, 2.75) is 16.6 Å². The molecule has 0 radical (unpaired) electrons. The summed E-state index contributed by atoms with van der Waals surface area (Å²) in [5.74, 6) is -0.535. The zero-order chi connectivity index (χ0) is 17.5. The van der Waals surface area contributed by atoms with Crippen LogP contribution in [0.5, 0.6) is 0 Å². The molecule has 0 amide bonds. The molecule has 2 aromatic heterocycles. The highest BCUT2D eigenvalue weighted by Gasteiger charge is 2.17. The Morgan fingerprint density at radius 2 is 2.04 bits per heavy atom. The Morgan fingerprint density at radius 3 is 2.71 bits per heavy atom. The second-order valence-corrected chi connectivity index (χ2v) is 7.72. The minimum absolute atomic E-state index is 0.0682. The molecule has 1 aromatic carbocycles. The molecule has 0 aliphatic rings. The Kier molecular flexibility index (Phi) is 4.28. The second kappa shape index (κ2) is 6.11. The van der Waals surface area contributed by atoms with Gasteiger partial charge in [0.1, 0.15) is 0 Å². The van der Waals surface area contributed by atoms with Crippen molar-refractivity contribution >= 4 is 32.9 Å². The average molecular weight is 368 g/mol. The summed E-state index contributed by atoms with van der Waals surface area (Å²) in [6.45, 7) is 0.120. The summed E-state index contributed by atoms with van der Waals surface area (Å²) in [6, 6.07) is 4.30. The number of aryl methyl sites for hydroxylation is 1. The number of nitrogens with zero attached hydrogens (tertiary/aromatic N) is 3. The van der Waals surface area contributed by atoms with E-state index in [1.807, 2.05) is 17.9 Å². The van der Waals surface area contributed by atoms with Crippen molar-refractivity contribution in [3.8, 4) is 0 Å². The van der Waals surface area contributed by atoms with E-state index in [0.29, 0.717) is 11.1 Å². The Hall–Kier alpha value is -2.04. The van der Waals surface area contributed by atoms with Crippen LogP contribution in [0.2, 0.25) is 0 Å². The van der Waals surface area contributed by atoms with Gasteiger partial charge >= 0.3 is 5.76 Å². The number of oxazole rings is 1. The van der Waals surface area contributed by atoms with E-state index in [0.717, 1.165) is 10.9 Å². The summed E-state index contributed by atoms with van der Waals surface area (Å²) in [4.78, 5) is 15.8. The number of rotatable bonds is 5. The van der Waals surface area contributed by atoms with Gasteiger partial charge in [0.25, 0.3) is 0 Å². The van der Waals surface area contributed by atoms with E-state index in [1.165, 1.54) is 41.6 Å². The highest BCUT2D eigenvalue weighted by molar-refractivity contribution is 7.98. The zero-order valence-electron chi connectivity index (χ0n) is 13.3. The minimum atomic E-state index is -3.73. The fourth-order valence-electron chi connectivity index (χ4n) is 2.31. The van der Waals surface area contributed by atoms with E-state index in [9.17, 15) is 13.2 Å². The van der Waals surface area contributed by atoms with Crippen molar-refractivity contribution in [1.29, 1.82) is 0 Å². The van der Waals surface area contributed by atoms with Crippen LogP contribution in [0.4, 0.5) is 0 Å². The van der Waals surface area contributed by atoms with Gasteiger partial charge in [-0.2, -0.15) is 0 Å². The third-order valence-corrected chi connectivity index (χ3v) is 5.88. The number of sulfonamides is 1. The van der Waals surface area contributed by atoms with Gasteiger partial charge in [0.2, 0.25) is 10.0 Å². The van der Waals surface area contributed by atoms with Crippen LogP contribution >= 0.6 is 11.8 Å². The summed E-state index contributed by atoms with van der Waals surface area (Å²) in [6.07, 6.45) is 3.54. The van der Waals surface area contributed by atoms with E-state index < -0.39 is 15.8 Å². The first-order valence-electron chi connectivity index (χ1n) is 6.97. The first-order valence-corrected chi connectivity index (χ1v) is 9.68. The number of hydrogen-bond donors (Lipinski definition) is 1. The van der Waals surface area contributed by atoms with E-state index in [2.05, 4.69) is 9.71 Å². The third-order valence-electron chi connectivity index (χ3n) is 3.74. The largest absolute Gasteiger partial charge is 0.419 e. The average Bonchev–Trinajstić information content (AvgIpc) is 3.05. The molecule has 0 aliphatic carbocycles. The van der Waals surface area contributed by atoms with Gasteiger partial charge < -0.3 is 8.98 Å². The van der Waals surface area contributed by atoms with Crippen LogP contribution in [0.1, 0.15) is 5.69 Å². The van der Waals surface area contributed by atoms with Gasteiger partial charge in [0.15, 0.2) is 10.7 Å². The van der Waals surface area contributed by atoms with Crippen LogP contribution in [0.15, 0.2) is 43.7 Å². The predicted octanol–water partition coefficient (Wildman–Crippen LogP) is 1.07. The Labute approximate surface area is 142 Å². The molecule has 0 atom stereocenters. The Morgan fingerprint density at radius 1 is 1.29 bits per heavy atom. The highest BCUT2D eigenvalue weighted by Crippen LogP contribution is 2.19. The van der Waals surface area contributed by atoms with Crippen molar-refractivity contribution in [1.82, 2.24) is 18.8 Å². The molecule has 3 rings (SSSR count). The molecule has 0 saturated heterocycles. The zero-order valence-corrected chi connectivity index (χ0v) is 14.9. The van der Waals surface area contributed by atoms with Crippen LogP contribution in [0, 0.1) is 0 Å². The van der Waals surface area contributed by atoms with Gasteiger partial charge in [-0.15, -0.1) is 0 Å². The summed E-state index contributed by atoms with van der Waals surface area (Å²) in [5, 5.41) is 0.805. The molecule has 0 fully saturated rings. The van der Waals surface area contributed by atoms with Crippen LogP contribution < -0.4 is 10.5 Å². The van der Waals surface area contributed by atoms with E-state index >= 15 is 0 Å². The molecule has 0 bridgehead atoms. The molecule has 0 saturated carbocycles. The maximum Gasteiger partial charge on any atom is 0.419 e. The number of thioether (sulfide) groups is 1. The van der Waals surface area contributed by atoms with Crippen molar-refractivity contribution in [3.05, 3.63) is 40.6 Å². The number of fused-ring (bicyclic) bond motifs is 1. The number of nitrogens with one attached hydrogen (secondary N) is 1. The summed E-state index contributed by atoms with van der Waals surface area (Å²) < 4.78 is 35.6. The maximum atomic E-state index is 12.5. The summed E-state index contributed by atoms with van der Waals surface area (Å²) in [7, 11) is -0.372. The van der Waals surface area contributed by atoms with Gasteiger partial charge in [0.05, 0.1) is 28.8 Å². The van der Waals surface area contributed by atoms with Gasteiger partial charge in [-0.05, 0) is 24.5 Å². The Balaban J connectivity index is 1.88. The predicted molar refractivity (Wildman–Crippen MR) is 90.5 cm³/mol. The quantitative estimate of drug-likeness (QED) is 0.676. The lowest BCUT2D eigenvalue weighted by molar-refractivity contribution is 0.528. The molecule has 0 spiro atoms. The number of aromatic nitrogens is 3. The molecule has 0 aliphatic heterocycles. The van der Waals surface area contributed by atoms with Gasteiger partial charge in [-0.3, -0.25) is 4.57 Å². The lowest BCUT2D eigenvalue weighted by Crippen LogP contribution is -2.24. The van der Waals surface area contributed by atoms with Crippen molar-refractivity contribution in [2.24, 2.45) is 14.1 Å². The van der Waals surface area contributed by atoms with Crippen molar-refractivity contribution in [2.75, 3.05) is 6.26 Å². The van der Waals surface area contributed by atoms with Gasteiger partial charge in [-0.1, -0.05) is 11.8 Å². The molecular weight excluding hydrogens is 352 g/mol. The molecule has 24 heavy (non-hydrogen) atoms. The van der Waals surface area contributed by atoms with Crippen LogP contribution in [-0.2, 0) is 30.7 Å². The molecule has 1 N–H and O–H groups in total. The second-order valence-electron chi connectivity index (χ2n) is 5.18. The standard InChI is InChI=1S/C14H16N4O4S2/c1-17-9(7-15-13(17)23-3)8-16-24(20,21)10-4-5-12-11(6-10)18(2)14(19)22-12/h4-7,16H,8H2,1-3H3. The molecule has 0 unspecified atom stereocenters. The minimum Gasteiger partial charge on any atom is -0.408 e. The first-order chi connectivity index (χ1) is 11.3. The van der Waals surface area contributed by atoms with Crippen molar-refractivity contribution in [3.63, 3.8) is 0 Å². The monoisotopic (exact) mass is 368 g/mol. The van der Waals surface area contributed by atoms with E-state index in [4.69, 9.17) is 4.42 Å². The summed E-state index contributed by atoms with van der Waals surface area (Å²) >= 11 is 1.48. The van der Waals surface area contributed by atoms with Crippen molar-refractivity contribution < 1.29 is 12.8 Å². The maximum absolute atomic E-state index is 12.5. The van der Waals surface area contributed by atoms with Crippen LogP contribution in [0.3, 0.4) is 0 Å². The fraction of sp³-hybridized carbons (Fsp3) is 0.286. The highest BCUT2D eigenvalue weighted by atomic mass is 32.2. The molecule has 2 heterocycles. The number of benzene rings is 1. The Bertz CT molecular complexity index is 1060. The topological polar surface area (TPSA) is 99.1 Å². The van der Waals surface area contributed by atoms with E-state index in [-0.39, 0.29) is 11.4 Å². The van der Waals surface area contributed by atoms with Crippen LogP contribution in [-0.4, -0.2) is 28.8 Å². The normalized spacial score (nSPS) is 12.1. The van der Waals surface area contributed by atoms with Crippen LogP contribution in [0.25, 0.3) is 11.1 Å². The third kappa shape index (κ3) is 2.87. The number of imidazole rings is 1. The molecule has 128 valence electrons. The van der Waals surface area contributed by atoms with E-state index in [1.54, 1.807) is 6.20 Å².